The van der Waals surface area contributed by atoms with E-state index in [1.165, 1.54) is 17.7 Å². The van der Waals surface area contributed by atoms with Gasteiger partial charge < -0.3 is 9.73 Å². The van der Waals surface area contributed by atoms with E-state index in [1.54, 1.807) is 24.3 Å². The molecule has 1 aromatic heterocycles. The van der Waals surface area contributed by atoms with Gasteiger partial charge >= 0.3 is 0 Å². The standard InChI is InChI=1S/C20H16FNO2S2/c21-15-6-4-13(5-7-15)17-8-9-18(24-17)19(23)22-16-3-1-2-14(12-16)20-25-10-11-26-20/h1-9,12,20H,10-11H2,(H,22,23). The van der Waals surface area contributed by atoms with Crippen molar-refractivity contribution in [2.75, 3.05) is 16.8 Å². The fourth-order valence-corrected chi connectivity index (χ4v) is 5.57. The normalized spacial score (nSPS) is 14.5. The SMILES string of the molecule is O=C(Nc1cccc(C2SCCS2)c1)c1ccc(-c2ccc(F)cc2)o1. The number of anilines is 1. The molecule has 6 heteroatoms. The maximum Gasteiger partial charge on any atom is 0.291 e. The molecule has 0 bridgehead atoms. The lowest BCUT2D eigenvalue weighted by molar-refractivity contribution is 0.0997. The van der Waals surface area contributed by atoms with Gasteiger partial charge in [0.1, 0.15) is 11.6 Å². The Labute approximate surface area is 159 Å². The molecule has 132 valence electrons. The highest BCUT2D eigenvalue weighted by Gasteiger charge is 2.19. The Morgan fingerprint density at radius 1 is 1.04 bits per heavy atom. The molecule has 1 fully saturated rings. The van der Waals surface area contributed by atoms with Crippen LogP contribution in [-0.4, -0.2) is 17.4 Å². The fourth-order valence-electron chi connectivity index (χ4n) is 2.74. The van der Waals surface area contributed by atoms with Crippen molar-refractivity contribution in [2.24, 2.45) is 0 Å². The molecule has 1 aliphatic rings. The van der Waals surface area contributed by atoms with Gasteiger partial charge in [0.2, 0.25) is 0 Å². The number of hydrogen-bond donors (Lipinski definition) is 1. The minimum atomic E-state index is -0.309. The number of thioether (sulfide) groups is 2. The summed E-state index contributed by atoms with van der Waals surface area (Å²) in [5, 5.41) is 2.88. The largest absolute Gasteiger partial charge is 0.451 e. The summed E-state index contributed by atoms with van der Waals surface area (Å²) in [5.41, 5.74) is 2.69. The minimum absolute atomic E-state index is 0.222. The predicted octanol–water partition coefficient (Wildman–Crippen LogP) is 5.82. The van der Waals surface area contributed by atoms with Gasteiger partial charge in [-0.15, -0.1) is 23.5 Å². The molecule has 3 nitrogen and oxygen atoms in total. The lowest BCUT2D eigenvalue weighted by atomic mass is 10.2. The van der Waals surface area contributed by atoms with Gasteiger partial charge in [-0.25, -0.2) is 4.39 Å². The number of amides is 1. The molecule has 0 saturated carbocycles. The molecule has 0 atom stereocenters. The Morgan fingerprint density at radius 2 is 1.81 bits per heavy atom. The van der Waals surface area contributed by atoms with Crippen LogP contribution in [0.2, 0.25) is 0 Å². The number of hydrogen-bond acceptors (Lipinski definition) is 4. The smallest absolute Gasteiger partial charge is 0.291 e. The predicted molar refractivity (Wildman–Crippen MR) is 106 cm³/mol. The summed E-state index contributed by atoms with van der Waals surface area (Å²) in [6.45, 7) is 0. The molecule has 1 N–H and O–H groups in total. The minimum Gasteiger partial charge on any atom is -0.451 e. The number of halogens is 1. The van der Waals surface area contributed by atoms with Gasteiger partial charge in [-0.05, 0) is 54.1 Å². The summed E-state index contributed by atoms with van der Waals surface area (Å²) in [7, 11) is 0. The summed E-state index contributed by atoms with van der Waals surface area (Å²) in [4.78, 5) is 12.5. The second-order valence-electron chi connectivity index (χ2n) is 5.82. The molecule has 3 aromatic rings. The van der Waals surface area contributed by atoms with E-state index in [0.29, 0.717) is 10.3 Å². The zero-order valence-electron chi connectivity index (χ0n) is 13.8. The van der Waals surface area contributed by atoms with Gasteiger partial charge in [-0.1, -0.05) is 12.1 Å². The highest BCUT2D eigenvalue weighted by Crippen LogP contribution is 2.45. The van der Waals surface area contributed by atoms with E-state index in [9.17, 15) is 9.18 Å². The monoisotopic (exact) mass is 385 g/mol. The second kappa shape index (κ2) is 7.60. The van der Waals surface area contributed by atoms with Crippen LogP contribution in [0.1, 0.15) is 20.7 Å². The van der Waals surface area contributed by atoms with Crippen LogP contribution in [0, 0.1) is 5.82 Å². The highest BCUT2D eigenvalue weighted by atomic mass is 32.2. The number of carbonyl (C=O) groups excluding carboxylic acids is 1. The summed E-state index contributed by atoms with van der Waals surface area (Å²) < 4.78 is 19.1. The van der Waals surface area contributed by atoms with E-state index in [0.717, 1.165) is 22.8 Å². The quantitative estimate of drug-likeness (QED) is 0.615. The van der Waals surface area contributed by atoms with E-state index in [4.69, 9.17) is 4.42 Å². The average molecular weight is 385 g/mol. The first-order valence-electron chi connectivity index (χ1n) is 8.19. The first-order valence-corrected chi connectivity index (χ1v) is 10.3. The fraction of sp³-hybridized carbons (Fsp3) is 0.150. The molecule has 0 aliphatic carbocycles. The first kappa shape index (κ1) is 17.2. The number of benzene rings is 2. The molecule has 4 rings (SSSR count). The van der Waals surface area contributed by atoms with Crippen molar-refractivity contribution in [3.63, 3.8) is 0 Å². The third kappa shape index (κ3) is 3.81. The second-order valence-corrected chi connectivity index (χ2v) is 8.55. The zero-order valence-corrected chi connectivity index (χ0v) is 15.4. The molecular weight excluding hydrogens is 369 g/mol. The van der Waals surface area contributed by atoms with Crippen molar-refractivity contribution >= 4 is 35.1 Å². The number of nitrogens with one attached hydrogen (secondary N) is 1. The molecule has 1 saturated heterocycles. The third-order valence-corrected chi connectivity index (χ3v) is 7.10. The number of rotatable bonds is 4. The highest BCUT2D eigenvalue weighted by molar-refractivity contribution is 8.19. The molecule has 0 spiro atoms. The van der Waals surface area contributed by atoms with Crippen molar-refractivity contribution in [1.29, 1.82) is 0 Å². The third-order valence-electron chi connectivity index (χ3n) is 4.00. The van der Waals surface area contributed by atoms with E-state index in [-0.39, 0.29) is 17.5 Å². The summed E-state index contributed by atoms with van der Waals surface area (Å²) in [5.74, 6) is 2.45. The molecule has 1 aliphatic heterocycles. The molecule has 2 aromatic carbocycles. The Morgan fingerprint density at radius 3 is 2.58 bits per heavy atom. The number of furan rings is 1. The molecule has 0 radical (unpaired) electrons. The molecule has 1 amide bonds. The van der Waals surface area contributed by atoms with Crippen molar-refractivity contribution in [2.45, 2.75) is 4.58 Å². The van der Waals surface area contributed by atoms with Gasteiger partial charge in [0.05, 0.1) is 4.58 Å². The average Bonchev–Trinajstić information content (AvgIpc) is 3.35. The summed E-state index contributed by atoms with van der Waals surface area (Å²) in [6, 6.07) is 17.2. The van der Waals surface area contributed by atoms with Crippen LogP contribution in [0.5, 0.6) is 0 Å². The maximum atomic E-state index is 13.0. The number of carbonyl (C=O) groups is 1. The van der Waals surface area contributed by atoms with Gasteiger partial charge in [0, 0.05) is 22.8 Å². The molecular formula is C20H16FNO2S2. The first-order chi connectivity index (χ1) is 12.7. The summed E-state index contributed by atoms with van der Waals surface area (Å²) >= 11 is 3.85. The van der Waals surface area contributed by atoms with Crippen LogP contribution in [0.4, 0.5) is 10.1 Å². The van der Waals surface area contributed by atoms with Gasteiger partial charge in [-0.2, -0.15) is 0 Å². The van der Waals surface area contributed by atoms with Crippen LogP contribution in [0.3, 0.4) is 0 Å². The van der Waals surface area contributed by atoms with Crippen molar-refractivity contribution in [3.05, 3.63) is 77.8 Å². The summed E-state index contributed by atoms with van der Waals surface area (Å²) in [6.07, 6.45) is 0. The Kier molecular flexibility index (Phi) is 5.04. The zero-order chi connectivity index (χ0) is 17.9. The van der Waals surface area contributed by atoms with E-state index in [1.807, 2.05) is 41.7 Å². The Hall–Kier alpha value is -2.18. The van der Waals surface area contributed by atoms with Crippen LogP contribution in [0.25, 0.3) is 11.3 Å². The van der Waals surface area contributed by atoms with E-state index < -0.39 is 0 Å². The van der Waals surface area contributed by atoms with Crippen molar-refractivity contribution < 1.29 is 13.6 Å². The van der Waals surface area contributed by atoms with Crippen molar-refractivity contribution in [1.82, 2.24) is 0 Å². The van der Waals surface area contributed by atoms with Crippen LogP contribution in [-0.2, 0) is 0 Å². The van der Waals surface area contributed by atoms with Crippen LogP contribution < -0.4 is 5.32 Å². The van der Waals surface area contributed by atoms with E-state index in [2.05, 4.69) is 11.4 Å². The van der Waals surface area contributed by atoms with Crippen molar-refractivity contribution in [3.8, 4) is 11.3 Å². The Bertz CT molecular complexity index is 918. The van der Waals surface area contributed by atoms with Gasteiger partial charge in [0.25, 0.3) is 5.91 Å². The maximum absolute atomic E-state index is 13.0. The van der Waals surface area contributed by atoms with Crippen LogP contribution in [0.15, 0.2) is 65.1 Å². The topological polar surface area (TPSA) is 42.2 Å². The molecule has 0 unspecified atom stereocenters. The molecule has 2 heterocycles. The molecule has 26 heavy (non-hydrogen) atoms. The lowest BCUT2D eigenvalue weighted by Gasteiger charge is -2.10. The van der Waals surface area contributed by atoms with Crippen LogP contribution >= 0.6 is 23.5 Å². The van der Waals surface area contributed by atoms with Gasteiger partial charge in [0.15, 0.2) is 5.76 Å². The van der Waals surface area contributed by atoms with Gasteiger partial charge in [-0.3, -0.25) is 4.79 Å². The Balaban J connectivity index is 1.48. The lowest BCUT2D eigenvalue weighted by Crippen LogP contribution is -2.11. The van der Waals surface area contributed by atoms with E-state index >= 15 is 0 Å².